The Morgan fingerprint density at radius 1 is 0.939 bits per heavy atom. The molecule has 1 atom stereocenters. The van der Waals surface area contributed by atoms with Crippen molar-refractivity contribution in [2.45, 2.75) is 72.1 Å². The number of alkyl halides is 3. The van der Waals surface area contributed by atoms with Gasteiger partial charge in [0, 0.05) is 18.1 Å². The van der Waals surface area contributed by atoms with Crippen molar-refractivity contribution in [1.29, 1.82) is 0 Å². The summed E-state index contributed by atoms with van der Waals surface area (Å²) < 4.78 is 48.6. The molecule has 0 radical (unpaired) electrons. The van der Waals surface area contributed by atoms with Gasteiger partial charge in [0.1, 0.15) is 12.5 Å². The Morgan fingerprint density at radius 2 is 1.48 bits per heavy atom. The number of hydrogen-bond acceptors (Lipinski definition) is 3. The number of rotatable bonds is 7. The van der Waals surface area contributed by atoms with E-state index in [1.807, 2.05) is 52.0 Å². The molecule has 0 bridgehead atoms. The van der Waals surface area contributed by atoms with E-state index in [2.05, 4.69) is 35.2 Å². The van der Waals surface area contributed by atoms with E-state index in [0.717, 1.165) is 35.1 Å². The number of phenols is 1. The maximum atomic E-state index is 13.1. The van der Waals surface area contributed by atoms with Gasteiger partial charge in [-0.05, 0) is 61.1 Å². The molecule has 0 saturated heterocycles. The molecule has 0 amide bonds. The second-order valence-corrected chi connectivity index (χ2v) is 7.58. The summed E-state index contributed by atoms with van der Waals surface area (Å²) in [6, 6.07) is 11.3. The zero-order valence-corrected chi connectivity index (χ0v) is 20.6. The summed E-state index contributed by atoms with van der Waals surface area (Å²) in [7, 11) is 1.26. The number of phenolic OH excluding ortho intramolecular Hbond substituents is 1. The van der Waals surface area contributed by atoms with E-state index in [9.17, 15) is 18.3 Å². The Balaban J connectivity index is 0.00000265. The molecular formula is C27H35F3O3. The molecule has 0 fully saturated rings. The molecule has 1 N–H and O–H groups in total. The van der Waals surface area contributed by atoms with Crippen molar-refractivity contribution in [3.63, 3.8) is 0 Å². The van der Waals surface area contributed by atoms with Crippen molar-refractivity contribution in [2.75, 3.05) is 13.9 Å². The SMILES string of the molecule is CC.CCC(CC)(c1ccc(O)c(C)c1)c1ccc(C#CC(OCOC)C(F)(F)F)c(C)c1. The van der Waals surface area contributed by atoms with Gasteiger partial charge in [-0.25, -0.2) is 0 Å². The standard InChI is InChI=1S/C25H29F3O3.C2H6/c1-6-24(7-2,21-11-12-22(29)18(4)15-21)20-10-8-19(17(3)14-20)9-13-23(25(26,27)28)31-16-30-5;1-2/h8,10-12,14-15,23,29H,6-7,16H2,1-5H3;1-2H3. The van der Waals surface area contributed by atoms with Crippen LogP contribution in [0, 0.1) is 25.7 Å². The van der Waals surface area contributed by atoms with Crippen LogP contribution in [0.25, 0.3) is 0 Å². The minimum absolute atomic E-state index is 0.251. The average Bonchev–Trinajstić information content (AvgIpc) is 2.79. The van der Waals surface area contributed by atoms with Gasteiger partial charge in [0.2, 0.25) is 6.10 Å². The highest BCUT2D eigenvalue weighted by Gasteiger charge is 2.39. The van der Waals surface area contributed by atoms with Crippen LogP contribution in [0.3, 0.4) is 0 Å². The molecule has 1 unspecified atom stereocenters. The lowest BCUT2D eigenvalue weighted by molar-refractivity contribution is -0.220. The smallest absolute Gasteiger partial charge is 0.426 e. The third-order valence-electron chi connectivity index (χ3n) is 5.72. The highest BCUT2D eigenvalue weighted by atomic mass is 19.4. The van der Waals surface area contributed by atoms with Crippen LogP contribution in [-0.4, -0.2) is 31.3 Å². The van der Waals surface area contributed by atoms with Crippen molar-refractivity contribution >= 4 is 0 Å². The minimum atomic E-state index is -4.60. The van der Waals surface area contributed by atoms with E-state index in [-0.39, 0.29) is 11.2 Å². The molecule has 0 aliphatic heterocycles. The van der Waals surface area contributed by atoms with Gasteiger partial charge in [0.15, 0.2) is 0 Å². The molecule has 0 aliphatic carbocycles. The van der Waals surface area contributed by atoms with Crippen molar-refractivity contribution < 1.29 is 27.8 Å². The summed E-state index contributed by atoms with van der Waals surface area (Å²) in [5, 5.41) is 9.91. The molecular weight excluding hydrogens is 429 g/mol. The number of aryl methyl sites for hydroxylation is 2. The fourth-order valence-corrected chi connectivity index (χ4v) is 3.79. The molecule has 6 heteroatoms. The van der Waals surface area contributed by atoms with Crippen LogP contribution >= 0.6 is 0 Å². The number of hydrogen-bond donors (Lipinski definition) is 1. The van der Waals surface area contributed by atoms with Gasteiger partial charge in [-0.1, -0.05) is 63.8 Å². The summed E-state index contributed by atoms with van der Waals surface area (Å²) in [5.41, 5.74) is 3.99. The Kier molecular flexibility index (Phi) is 11.0. The Morgan fingerprint density at radius 3 is 1.94 bits per heavy atom. The van der Waals surface area contributed by atoms with Crippen LogP contribution < -0.4 is 0 Å². The second-order valence-electron chi connectivity index (χ2n) is 7.58. The highest BCUT2D eigenvalue weighted by molar-refractivity contribution is 5.49. The van der Waals surface area contributed by atoms with Gasteiger partial charge in [-0.15, -0.1) is 0 Å². The van der Waals surface area contributed by atoms with Gasteiger partial charge < -0.3 is 14.6 Å². The number of aromatic hydroxyl groups is 1. The topological polar surface area (TPSA) is 38.7 Å². The van der Waals surface area contributed by atoms with Crippen LogP contribution in [0.1, 0.15) is 68.4 Å². The van der Waals surface area contributed by atoms with Crippen LogP contribution in [0.4, 0.5) is 13.2 Å². The van der Waals surface area contributed by atoms with Gasteiger partial charge in [-0.2, -0.15) is 13.2 Å². The predicted octanol–water partition coefficient (Wildman–Crippen LogP) is 7.04. The molecule has 0 saturated carbocycles. The average molecular weight is 465 g/mol. The zero-order valence-electron chi connectivity index (χ0n) is 20.6. The van der Waals surface area contributed by atoms with E-state index in [1.165, 1.54) is 7.11 Å². The molecule has 2 aromatic carbocycles. The first-order valence-electron chi connectivity index (χ1n) is 11.2. The number of methoxy groups -OCH3 is 1. The number of halogens is 3. The summed E-state index contributed by atoms with van der Waals surface area (Å²) in [5.74, 6) is 5.05. The zero-order chi connectivity index (χ0) is 25.2. The van der Waals surface area contributed by atoms with Crippen LogP contribution in [-0.2, 0) is 14.9 Å². The maximum absolute atomic E-state index is 13.1. The van der Waals surface area contributed by atoms with Crippen LogP contribution in [0.2, 0.25) is 0 Å². The first-order chi connectivity index (χ1) is 15.6. The van der Waals surface area contributed by atoms with Crippen molar-refractivity contribution in [3.05, 3.63) is 64.2 Å². The van der Waals surface area contributed by atoms with E-state index in [0.29, 0.717) is 5.56 Å². The lowest BCUT2D eigenvalue weighted by Gasteiger charge is -2.34. The lowest BCUT2D eigenvalue weighted by atomic mass is 9.70. The monoisotopic (exact) mass is 464 g/mol. The Labute approximate surface area is 195 Å². The van der Waals surface area contributed by atoms with E-state index < -0.39 is 19.1 Å². The fourth-order valence-electron chi connectivity index (χ4n) is 3.79. The predicted molar refractivity (Wildman–Crippen MR) is 126 cm³/mol. The van der Waals surface area contributed by atoms with Crippen molar-refractivity contribution in [1.82, 2.24) is 0 Å². The Hall–Kier alpha value is -2.49. The third kappa shape index (κ3) is 6.99. The molecule has 2 aromatic rings. The second kappa shape index (κ2) is 12.7. The van der Waals surface area contributed by atoms with E-state index in [4.69, 9.17) is 0 Å². The summed E-state index contributed by atoms with van der Waals surface area (Å²) in [4.78, 5) is 0. The summed E-state index contributed by atoms with van der Waals surface area (Å²) in [6.45, 7) is 11.4. The van der Waals surface area contributed by atoms with Gasteiger partial charge in [0.05, 0.1) is 0 Å². The Bertz CT molecular complexity index is 951. The largest absolute Gasteiger partial charge is 0.508 e. The fraction of sp³-hybridized carbons (Fsp3) is 0.481. The third-order valence-corrected chi connectivity index (χ3v) is 5.72. The minimum Gasteiger partial charge on any atom is -0.508 e. The van der Waals surface area contributed by atoms with Crippen molar-refractivity contribution in [2.24, 2.45) is 0 Å². The quantitative estimate of drug-likeness (QED) is 0.353. The lowest BCUT2D eigenvalue weighted by Crippen LogP contribution is -2.31. The van der Waals surface area contributed by atoms with Gasteiger partial charge >= 0.3 is 6.18 Å². The maximum Gasteiger partial charge on any atom is 0.426 e. The molecule has 0 spiro atoms. The molecule has 182 valence electrons. The molecule has 2 rings (SSSR count). The van der Waals surface area contributed by atoms with E-state index in [1.54, 1.807) is 12.1 Å². The molecule has 33 heavy (non-hydrogen) atoms. The van der Waals surface area contributed by atoms with E-state index >= 15 is 0 Å². The normalized spacial score (nSPS) is 12.3. The number of ether oxygens (including phenoxy) is 2. The molecule has 3 nitrogen and oxygen atoms in total. The molecule has 0 aromatic heterocycles. The van der Waals surface area contributed by atoms with Crippen LogP contribution in [0.5, 0.6) is 5.75 Å². The summed E-state index contributed by atoms with van der Waals surface area (Å²) in [6.07, 6.45) is -5.15. The summed E-state index contributed by atoms with van der Waals surface area (Å²) >= 11 is 0. The van der Waals surface area contributed by atoms with Crippen LogP contribution in [0.15, 0.2) is 36.4 Å². The van der Waals surface area contributed by atoms with Gasteiger partial charge in [0.25, 0.3) is 0 Å². The van der Waals surface area contributed by atoms with Gasteiger partial charge in [-0.3, -0.25) is 0 Å². The first-order valence-corrected chi connectivity index (χ1v) is 11.2. The molecule has 0 heterocycles. The highest BCUT2D eigenvalue weighted by Crippen LogP contribution is 2.40. The number of benzene rings is 2. The molecule has 0 aliphatic rings. The first kappa shape index (κ1) is 28.5. The van der Waals surface area contributed by atoms with Crippen molar-refractivity contribution in [3.8, 4) is 17.6 Å².